The first-order chi connectivity index (χ1) is 23.8. The van der Waals surface area contributed by atoms with Gasteiger partial charge in [-0.05, 0) is 64.7 Å². The molecular formula is C43H29N5. The van der Waals surface area contributed by atoms with E-state index in [1.807, 2.05) is 72.8 Å². The Bertz CT molecular complexity index is 2230. The maximum absolute atomic E-state index is 5.05. The van der Waals surface area contributed by atoms with Crippen LogP contribution in [0.15, 0.2) is 176 Å². The molecule has 8 aromatic rings. The van der Waals surface area contributed by atoms with Crippen molar-refractivity contribution in [3.63, 3.8) is 0 Å². The molecule has 0 unspecified atom stereocenters. The summed E-state index contributed by atoms with van der Waals surface area (Å²) in [6.07, 6.45) is 3.61. The number of hydrogen-bond acceptors (Lipinski definition) is 5. The van der Waals surface area contributed by atoms with Crippen LogP contribution in [0, 0.1) is 0 Å². The largest absolute Gasteiger partial charge is 0.256 e. The Balaban J connectivity index is 1.21. The predicted octanol–water partition coefficient (Wildman–Crippen LogP) is 10.3. The van der Waals surface area contributed by atoms with Gasteiger partial charge in [0.25, 0.3) is 0 Å². The second-order valence-electron chi connectivity index (χ2n) is 11.4. The quantitative estimate of drug-likeness (QED) is 0.178. The Labute approximate surface area is 279 Å². The third kappa shape index (κ3) is 6.13. The van der Waals surface area contributed by atoms with E-state index in [0.29, 0.717) is 17.5 Å². The van der Waals surface area contributed by atoms with Crippen LogP contribution in [0.2, 0.25) is 0 Å². The highest BCUT2D eigenvalue weighted by molar-refractivity contribution is 5.79. The van der Waals surface area contributed by atoms with Crippen LogP contribution < -0.4 is 0 Å². The van der Waals surface area contributed by atoms with Crippen molar-refractivity contribution in [2.24, 2.45) is 0 Å². The van der Waals surface area contributed by atoms with Gasteiger partial charge in [-0.2, -0.15) is 0 Å². The molecule has 0 aliphatic carbocycles. The van der Waals surface area contributed by atoms with Gasteiger partial charge in [-0.1, -0.05) is 121 Å². The van der Waals surface area contributed by atoms with Crippen molar-refractivity contribution < 1.29 is 0 Å². The van der Waals surface area contributed by atoms with E-state index in [1.54, 1.807) is 12.4 Å². The van der Waals surface area contributed by atoms with Gasteiger partial charge in [0.1, 0.15) is 0 Å². The van der Waals surface area contributed by atoms with Gasteiger partial charge in [-0.25, -0.2) is 15.0 Å². The van der Waals surface area contributed by atoms with Crippen molar-refractivity contribution in [3.8, 4) is 78.9 Å². The van der Waals surface area contributed by atoms with Gasteiger partial charge in [-0.3, -0.25) is 9.97 Å². The van der Waals surface area contributed by atoms with Gasteiger partial charge in [0, 0.05) is 40.2 Å². The molecule has 0 N–H and O–H groups in total. The number of aromatic nitrogens is 5. The van der Waals surface area contributed by atoms with Gasteiger partial charge in [0.15, 0.2) is 17.5 Å². The fraction of sp³-hybridized carbons (Fsp3) is 0. The van der Waals surface area contributed by atoms with Crippen molar-refractivity contribution in [3.05, 3.63) is 176 Å². The molecule has 0 saturated heterocycles. The fourth-order valence-electron chi connectivity index (χ4n) is 5.77. The molecule has 5 aromatic carbocycles. The summed E-state index contributed by atoms with van der Waals surface area (Å²) in [6.45, 7) is 0. The average Bonchev–Trinajstić information content (AvgIpc) is 3.19. The highest BCUT2D eigenvalue weighted by Crippen LogP contribution is 2.33. The summed E-state index contributed by atoms with van der Waals surface area (Å²) in [7, 11) is 0. The van der Waals surface area contributed by atoms with E-state index in [2.05, 4.69) is 101 Å². The fourth-order valence-corrected chi connectivity index (χ4v) is 5.77. The van der Waals surface area contributed by atoms with E-state index < -0.39 is 0 Å². The van der Waals surface area contributed by atoms with Crippen molar-refractivity contribution in [2.75, 3.05) is 0 Å². The lowest BCUT2D eigenvalue weighted by Crippen LogP contribution is -2.01. The van der Waals surface area contributed by atoms with E-state index in [-0.39, 0.29) is 0 Å². The van der Waals surface area contributed by atoms with Gasteiger partial charge < -0.3 is 0 Å². The topological polar surface area (TPSA) is 64.5 Å². The summed E-state index contributed by atoms with van der Waals surface area (Å²) in [5, 5.41) is 0. The number of hydrogen-bond donors (Lipinski definition) is 0. The van der Waals surface area contributed by atoms with Crippen LogP contribution in [0.5, 0.6) is 0 Å². The summed E-state index contributed by atoms with van der Waals surface area (Å²) in [6, 6.07) is 55.7. The van der Waals surface area contributed by atoms with Gasteiger partial charge in [0.2, 0.25) is 0 Å². The molecule has 0 aliphatic rings. The van der Waals surface area contributed by atoms with Crippen molar-refractivity contribution >= 4 is 0 Å². The first kappa shape index (κ1) is 28.9. The minimum atomic E-state index is 0.578. The van der Waals surface area contributed by atoms with Gasteiger partial charge in [-0.15, -0.1) is 0 Å². The third-order valence-corrected chi connectivity index (χ3v) is 8.25. The van der Waals surface area contributed by atoms with Crippen LogP contribution in [0.25, 0.3) is 78.9 Å². The van der Waals surface area contributed by atoms with Gasteiger partial charge >= 0.3 is 0 Å². The zero-order chi connectivity index (χ0) is 32.1. The molecule has 0 fully saturated rings. The average molecular weight is 616 g/mol. The molecule has 226 valence electrons. The monoisotopic (exact) mass is 615 g/mol. The standard InChI is InChI=1S/C43H29N5/c1-3-11-30(12-4-1)31-17-19-32(20-18-31)33-21-23-35(24-22-33)42-46-41(34-13-5-2-6-14-34)47-43(48-42)38-28-36(39-15-7-9-25-44-39)27-37(29-38)40-16-8-10-26-45-40/h1-29H. The number of nitrogens with zero attached hydrogens (tertiary/aromatic N) is 5. The van der Waals surface area contributed by atoms with Crippen molar-refractivity contribution in [2.45, 2.75) is 0 Å². The minimum Gasteiger partial charge on any atom is -0.256 e. The highest BCUT2D eigenvalue weighted by Gasteiger charge is 2.15. The molecule has 3 aromatic heterocycles. The lowest BCUT2D eigenvalue weighted by Gasteiger charge is -2.12. The van der Waals surface area contributed by atoms with E-state index in [9.17, 15) is 0 Å². The Hall–Kier alpha value is -6.59. The van der Waals surface area contributed by atoms with Gasteiger partial charge in [0.05, 0.1) is 11.4 Å². The summed E-state index contributed by atoms with van der Waals surface area (Å²) < 4.78 is 0. The summed E-state index contributed by atoms with van der Waals surface area (Å²) in [4.78, 5) is 24.3. The predicted molar refractivity (Wildman–Crippen MR) is 193 cm³/mol. The maximum Gasteiger partial charge on any atom is 0.164 e. The number of rotatable bonds is 7. The molecule has 0 spiro atoms. The SMILES string of the molecule is c1ccc(-c2ccc(-c3ccc(-c4nc(-c5ccccc5)nc(-c5cc(-c6ccccn6)cc(-c6ccccn6)c5)n4)cc3)cc2)cc1. The summed E-state index contributed by atoms with van der Waals surface area (Å²) >= 11 is 0. The molecule has 0 amide bonds. The van der Waals surface area contributed by atoms with Crippen LogP contribution in [0.1, 0.15) is 0 Å². The van der Waals surface area contributed by atoms with Crippen molar-refractivity contribution in [1.82, 2.24) is 24.9 Å². The molecule has 5 nitrogen and oxygen atoms in total. The molecule has 0 saturated carbocycles. The van der Waals surface area contributed by atoms with E-state index in [0.717, 1.165) is 50.3 Å². The highest BCUT2D eigenvalue weighted by atomic mass is 15.0. The first-order valence-electron chi connectivity index (χ1n) is 15.8. The molecule has 0 radical (unpaired) electrons. The normalized spacial score (nSPS) is 10.9. The van der Waals surface area contributed by atoms with Crippen LogP contribution in [-0.2, 0) is 0 Å². The minimum absolute atomic E-state index is 0.578. The molecule has 48 heavy (non-hydrogen) atoms. The lowest BCUT2D eigenvalue weighted by molar-refractivity contribution is 1.07. The Morgan fingerprint density at radius 2 is 0.583 bits per heavy atom. The summed E-state index contributed by atoms with van der Waals surface area (Å²) in [5.41, 5.74) is 11.0. The molecule has 0 atom stereocenters. The van der Waals surface area contributed by atoms with E-state index >= 15 is 0 Å². The maximum atomic E-state index is 5.05. The Morgan fingerprint density at radius 3 is 1.02 bits per heavy atom. The van der Waals surface area contributed by atoms with Crippen LogP contribution >= 0.6 is 0 Å². The second kappa shape index (κ2) is 13.0. The van der Waals surface area contributed by atoms with E-state index in [4.69, 9.17) is 15.0 Å². The van der Waals surface area contributed by atoms with E-state index in [1.165, 1.54) is 11.1 Å². The molecule has 5 heteroatoms. The zero-order valence-electron chi connectivity index (χ0n) is 26.0. The number of pyridine rings is 2. The second-order valence-corrected chi connectivity index (χ2v) is 11.4. The molecule has 8 rings (SSSR count). The first-order valence-corrected chi connectivity index (χ1v) is 15.8. The lowest BCUT2D eigenvalue weighted by atomic mass is 9.99. The van der Waals surface area contributed by atoms with Crippen LogP contribution in [-0.4, -0.2) is 24.9 Å². The Kier molecular flexibility index (Phi) is 7.83. The molecule has 0 aliphatic heterocycles. The smallest absolute Gasteiger partial charge is 0.164 e. The zero-order valence-corrected chi connectivity index (χ0v) is 26.0. The molecule has 3 heterocycles. The van der Waals surface area contributed by atoms with Crippen LogP contribution in [0.3, 0.4) is 0 Å². The Morgan fingerprint density at radius 1 is 0.250 bits per heavy atom. The molecule has 0 bridgehead atoms. The summed E-state index contributed by atoms with van der Waals surface area (Å²) in [5.74, 6) is 1.79. The third-order valence-electron chi connectivity index (χ3n) is 8.25. The van der Waals surface area contributed by atoms with Crippen molar-refractivity contribution in [1.29, 1.82) is 0 Å². The van der Waals surface area contributed by atoms with Crippen LogP contribution in [0.4, 0.5) is 0 Å². The number of benzene rings is 5. The molecular weight excluding hydrogens is 587 g/mol.